The average Bonchev–Trinajstić information content (AvgIpc) is 2.24. The molecule has 1 aliphatic rings. The molecule has 1 rings (SSSR count). The first-order chi connectivity index (χ1) is 5.58. The fourth-order valence-electron chi connectivity index (χ4n) is 0.662. The largest absolute Gasteiger partial charge is 0.435 e. The molecular formula is C6H4O5S. The Hall–Kier alpha value is -1.43. The van der Waals surface area contributed by atoms with E-state index in [4.69, 9.17) is 0 Å². The predicted octanol–water partition coefficient (Wildman–Crippen LogP) is -0.488. The van der Waals surface area contributed by atoms with Crippen LogP contribution in [-0.2, 0) is 24.2 Å². The molecule has 5 nitrogen and oxygen atoms in total. The first-order valence-corrected chi connectivity index (χ1v) is 4.39. The lowest BCUT2D eigenvalue weighted by atomic mass is 10.4. The van der Waals surface area contributed by atoms with Gasteiger partial charge >= 0.3 is 0 Å². The maximum atomic E-state index is 10.9. The monoisotopic (exact) mass is 188 g/mol. The predicted molar refractivity (Wildman–Crippen MR) is 38.3 cm³/mol. The molecule has 0 amide bonds. The Morgan fingerprint density at radius 1 is 1.42 bits per heavy atom. The van der Waals surface area contributed by atoms with Crippen molar-refractivity contribution in [3.63, 3.8) is 0 Å². The van der Waals surface area contributed by atoms with Crippen molar-refractivity contribution >= 4 is 22.1 Å². The van der Waals surface area contributed by atoms with E-state index >= 15 is 0 Å². The molecule has 0 N–H and O–H groups in total. The van der Waals surface area contributed by atoms with Crippen LogP contribution in [0.3, 0.4) is 0 Å². The van der Waals surface area contributed by atoms with Crippen molar-refractivity contribution in [1.29, 1.82) is 0 Å². The normalized spacial score (nSPS) is 23.0. The van der Waals surface area contributed by atoms with E-state index in [1.165, 1.54) is 0 Å². The van der Waals surface area contributed by atoms with E-state index in [9.17, 15) is 18.0 Å². The highest BCUT2D eigenvalue weighted by molar-refractivity contribution is 7.99. The van der Waals surface area contributed by atoms with Crippen LogP contribution in [0, 0.1) is 0 Å². The van der Waals surface area contributed by atoms with Crippen LogP contribution < -0.4 is 0 Å². The summed E-state index contributed by atoms with van der Waals surface area (Å²) in [6.07, 6.45) is 1.51. The topological polar surface area (TPSA) is 77.5 Å². The zero-order chi connectivity index (χ0) is 9.19. The molecule has 0 aromatic carbocycles. The number of ether oxygens (including phenoxy) is 1. The van der Waals surface area contributed by atoms with Crippen molar-refractivity contribution in [1.82, 2.24) is 0 Å². The molecule has 0 fully saturated rings. The molecule has 0 spiro atoms. The van der Waals surface area contributed by atoms with Gasteiger partial charge in [-0.15, -0.1) is 0 Å². The van der Waals surface area contributed by atoms with Crippen LogP contribution in [0.15, 0.2) is 22.7 Å². The summed E-state index contributed by atoms with van der Waals surface area (Å²) in [5.74, 6) is -0.683. The van der Waals surface area contributed by atoms with Crippen LogP contribution in [0.1, 0.15) is 0 Å². The molecule has 1 aliphatic heterocycles. The fourth-order valence-corrected chi connectivity index (χ4v) is 1.65. The highest BCUT2D eigenvalue weighted by atomic mass is 32.2. The Morgan fingerprint density at radius 2 is 2.08 bits per heavy atom. The first-order valence-electron chi connectivity index (χ1n) is 2.85. The molecule has 0 unspecified atom stereocenters. The zero-order valence-corrected chi connectivity index (χ0v) is 6.58. The maximum Gasteiger partial charge on any atom is 0.297 e. The number of sulfone groups is 1. The van der Waals surface area contributed by atoms with Crippen LogP contribution in [-0.4, -0.2) is 20.7 Å². The second-order valence-corrected chi connectivity index (χ2v) is 3.73. The lowest BCUT2D eigenvalue weighted by molar-refractivity contribution is -0.123. The molecule has 0 atom stereocenters. The minimum atomic E-state index is -3.66. The van der Waals surface area contributed by atoms with Crippen LogP contribution in [0.4, 0.5) is 0 Å². The second kappa shape index (κ2) is 2.90. The summed E-state index contributed by atoms with van der Waals surface area (Å²) in [5, 5.41) is 0.759. The summed E-state index contributed by atoms with van der Waals surface area (Å²) in [5.41, 5.74) is 0. The standard InChI is InChI=1S/C6H4O5S/c7-4-11-3-6-5(8)1-2-12(6,9)10/h1-4H/b6-3-. The smallest absolute Gasteiger partial charge is 0.297 e. The fraction of sp³-hybridized carbons (Fsp3) is 0. The molecular weight excluding hydrogens is 184 g/mol. The number of allylic oxidation sites excluding steroid dienone is 2. The highest BCUT2D eigenvalue weighted by Gasteiger charge is 2.27. The third kappa shape index (κ3) is 1.42. The van der Waals surface area contributed by atoms with Gasteiger partial charge in [0.05, 0.1) is 0 Å². The molecule has 64 valence electrons. The Kier molecular flexibility index (Phi) is 2.09. The highest BCUT2D eigenvalue weighted by Crippen LogP contribution is 2.17. The minimum Gasteiger partial charge on any atom is -0.435 e. The summed E-state index contributed by atoms with van der Waals surface area (Å²) in [4.78, 5) is 19.9. The van der Waals surface area contributed by atoms with Crippen LogP contribution >= 0.6 is 0 Å². The number of rotatable bonds is 2. The lowest BCUT2D eigenvalue weighted by Gasteiger charge is -1.92. The van der Waals surface area contributed by atoms with Gasteiger partial charge in [-0.2, -0.15) is 0 Å². The first kappa shape index (κ1) is 8.66. The molecule has 0 saturated heterocycles. The van der Waals surface area contributed by atoms with Gasteiger partial charge in [-0.25, -0.2) is 8.42 Å². The number of ketones is 1. The van der Waals surface area contributed by atoms with E-state index in [1.807, 2.05) is 0 Å². The molecule has 0 saturated carbocycles. The summed E-state index contributed by atoms with van der Waals surface area (Å²) < 4.78 is 25.9. The van der Waals surface area contributed by atoms with E-state index in [0.29, 0.717) is 6.26 Å². The van der Waals surface area contributed by atoms with Crippen molar-refractivity contribution in [2.45, 2.75) is 0 Å². The average molecular weight is 188 g/mol. The van der Waals surface area contributed by atoms with E-state index in [-0.39, 0.29) is 6.47 Å². The van der Waals surface area contributed by atoms with Crippen molar-refractivity contribution in [3.05, 3.63) is 22.7 Å². The van der Waals surface area contributed by atoms with E-state index in [0.717, 1.165) is 11.5 Å². The van der Waals surface area contributed by atoms with Crippen LogP contribution in [0.5, 0.6) is 0 Å². The second-order valence-electron chi connectivity index (χ2n) is 1.93. The molecule has 1 heterocycles. The number of hydrogen-bond acceptors (Lipinski definition) is 5. The Morgan fingerprint density at radius 3 is 2.50 bits per heavy atom. The van der Waals surface area contributed by atoms with Crippen molar-refractivity contribution in [2.75, 3.05) is 0 Å². The summed E-state index contributed by atoms with van der Waals surface area (Å²) in [6.45, 7) is 0.0358. The van der Waals surface area contributed by atoms with E-state index in [1.54, 1.807) is 0 Å². The number of carbonyl (C=O) groups excluding carboxylic acids is 2. The molecule has 0 aromatic rings. The third-order valence-corrected chi connectivity index (χ3v) is 2.58. The SMILES string of the molecule is O=CO/C=C1/C(=O)C=CS1(=O)=O. The minimum absolute atomic E-state index is 0.0358. The van der Waals surface area contributed by atoms with Gasteiger partial charge in [-0.3, -0.25) is 9.59 Å². The van der Waals surface area contributed by atoms with Gasteiger partial charge in [-0.05, 0) is 6.08 Å². The van der Waals surface area contributed by atoms with Gasteiger partial charge in [0.15, 0.2) is 4.91 Å². The van der Waals surface area contributed by atoms with Crippen LogP contribution in [0.25, 0.3) is 0 Å². The van der Waals surface area contributed by atoms with Gasteiger partial charge < -0.3 is 4.74 Å². The molecule has 0 aliphatic carbocycles. The molecule has 12 heavy (non-hydrogen) atoms. The van der Waals surface area contributed by atoms with E-state index in [2.05, 4.69) is 4.74 Å². The summed E-state index contributed by atoms with van der Waals surface area (Å²) in [7, 11) is -3.66. The molecule has 6 heteroatoms. The Balaban J connectivity index is 3.07. The molecule has 0 radical (unpaired) electrons. The van der Waals surface area contributed by atoms with Gasteiger partial charge in [0.25, 0.3) is 6.47 Å². The van der Waals surface area contributed by atoms with Crippen molar-refractivity contribution < 1.29 is 22.7 Å². The zero-order valence-electron chi connectivity index (χ0n) is 5.76. The van der Waals surface area contributed by atoms with Crippen molar-refractivity contribution in [3.8, 4) is 0 Å². The van der Waals surface area contributed by atoms with Crippen LogP contribution in [0.2, 0.25) is 0 Å². The van der Waals surface area contributed by atoms with Crippen molar-refractivity contribution in [2.24, 2.45) is 0 Å². The van der Waals surface area contributed by atoms with Gasteiger partial charge in [0.2, 0.25) is 15.6 Å². The maximum absolute atomic E-state index is 10.9. The number of hydrogen-bond donors (Lipinski definition) is 0. The van der Waals surface area contributed by atoms with Gasteiger partial charge in [0, 0.05) is 5.41 Å². The Bertz CT molecular complexity index is 373. The number of carbonyl (C=O) groups is 2. The molecule has 0 aromatic heterocycles. The molecule has 0 bridgehead atoms. The lowest BCUT2D eigenvalue weighted by Crippen LogP contribution is -2.02. The van der Waals surface area contributed by atoms with E-state index < -0.39 is 20.5 Å². The summed E-state index contributed by atoms with van der Waals surface area (Å²) >= 11 is 0. The third-order valence-electron chi connectivity index (χ3n) is 1.18. The quantitative estimate of drug-likeness (QED) is 0.332. The van der Waals surface area contributed by atoms with Gasteiger partial charge in [0.1, 0.15) is 6.26 Å². The Labute approximate surface area is 68.2 Å². The summed E-state index contributed by atoms with van der Waals surface area (Å²) in [6, 6.07) is 0. The van der Waals surface area contributed by atoms with Gasteiger partial charge in [-0.1, -0.05) is 0 Å².